The molecule has 0 amide bonds. The molecule has 0 aromatic heterocycles. The number of nitriles is 7. The van der Waals surface area contributed by atoms with Crippen LogP contribution in [0.25, 0.3) is 11.1 Å². The van der Waals surface area contributed by atoms with Gasteiger partial charge in [0.25, 0.3) is 0 Å². The Balaban J connectivity index is 3.44. The topological polar surface area (TPSA) is 167 Å². The van der Waals surface area contributed by atoms with Crippen molar-refractivity contribution in [2.24, 2.45) is 0 Å². The Morgan fingerprint density at radius 2 is 1.00 bits per heavy atom. The van der Waals surface area contributed by atoms with E-state index in [0.717, 1.165) is 24.3 Å². The highest BCUT2D eigenvalue weighted by Gasteiger charge is 2.43. The van der Waals surface area contributed by atoms with Crippen LogP contribution in [0.5, 0.6) is 0 Å². The van der Waals surface area contributed by atoms with E-state index >= 15 is 0 Å². The summed E-state index contributed by atoms with van der Waals surface area (Å²) in [5, 5.41) is 64.5. The number of alkyl halides is 6. The van der Waals surface area contributed by atoms with Crippen molar-refractivity contribution in [3.63, 3.8) is 0 Å². The van der Waals surface area contributed by atoms with Gasteiger partial charge in [0.2, 0.25) is 0 Å². The number of benzene rings is 2. The number of hydrogen-bond acceptors (Lipinski definition) is 7. The number of nitrogens with zero attached hydrogens (tertiary/aromatic N) is 7. The van der Waals surface area contributed by atoms with Crippen molar-refractivity contribution in [2.75, 3.05) is 0 Å². The minimum Gasteiger partial charge on any atom is -0.192 e. The molecule has 0 N–H and O–H groups in total. The summed E-state index contributed by atoms with van der Waals surface area (Å²) in [4.78, 5) is 0. The van der Waals surface area contributed by atoms with Crippen molar-refractivity contribution in [3.05, 3.63) is 67.6 Å². The molecule has 0 saturated heterocycles. The minimum absolute atomic E-state index is 0.415. The Morgan fingerprint density at radius 3 is 1.28 bits per heavy atom. The van der Waals surface area contributed by atoms with Crippen LogP contribution in [0.1, 0.15) is 38.9 Å². The fourth-order valence-corrected chi connectivity index (χ4v) is 3.25. The van der Waals surface area contributed by atoms with E-state index < -0.39 is 78.9 Å². The van der Waals surface area contributed by atoms with Crippen LogP contribution in [0, 0.1) is 79.3 Å². The highest BCUT2D eigenvalue weighted by molar-refractivity contribution is 5.85. The van der Waals surface area contributed by atoms with Crippen LogP contribution < -0.4 is 10.4 Å². The lowest BCUT2D eigenvalue weighted by Crippen LogP contribution is -2.23. The number of rotatable bonds is 1. The molecule has 36 heavy (non-hydrogen) atoms. The average molecular weight is 491 g/mol. The molecule has 0 spiro atoms. The zero-order chi connectivity index (χ0) is 27.4. The summed E-state index contributed by atoms with van der Waals surface area (Å²) in [5.74, 6) is 0. The summed E-state index contributed by atoms with van der Waals surface area (Å²) in [5.41, 5.74) is -11.3. The zero-order valence-electron chi connectivity index (χ0n) is 17.1. The first-order valence-electron chi connectivity index (χ1n) is 8.93. The van der Waals surface area contributed by atoms with Gasteiger partial charge in [-0.1, -0.05) is 0 Å². The molecule has 0 heterocycles. The van der Waals surface area contributed by atoms with Gasteiger partial charge in [-0.2, -0.15) is 63.2 Å². The summed E-state index contributed by atoms with van der Waals surface area (Å²) >= 11 is 0. The van der Waals surface area contributed by atoms with Crippen molar-refractivity contribution in [3.8, 4) is 42.5 Å². The van der Waals surface area contributed by atoms with E-state index in [1.165, 1.54) is 30.3 Å². The van der Waals surface area contributed by atoms with Crippen LogP contribution in [0.2, 0.25) is 0 Å². The van der Waals surface area contributed by atoms with Gasteiger partial charge in [0.05, 0.1) is 51.1 Å². The normalized spacial score (nSPS) is 10.3. The third-order valence-corrected chi connectivity index (χ3v) is 4.67. The lowest BCUT2D eigenvalue weighted by molar-refractivity contribution is -0.143. The third-order valence-electron chi connectivity index (χ3n) is 4.67. The molecule has 2 aromatic carbocycles. The molecule has 0 fully saturated rings. The first-order chi connectivity index (χ1) is 16.8. The van der Waals surface area contributed by atoms with Gasteiger partial charge < -0.3 is 0 Å². The van der Waals surface area contributed by atoms with Crippen molar-refractivity contribution in [1.29, 1.82) is 36.8 Å². The van der Waals surface area contributed by atoms with E-state index in [1.54, 1.807) is 0 Å². The van der Waals surface area contributed by atoms with Crippen LogP contribution in [0.3, 0.4) is 0 Å². The van der Waals surface area contributed by atoms with Gasteiger partial charge in [-0.25, -0.2) is 0 Å². The maximum Gasteiger partial charge on any atom is 0.417 e. The average Bonchev–Trinajstić information content (AvgIpc) is 2.83. The lowest BCUT2D eigenvalue weighted by Gasteiger charge is -2.18. The van der Waals surface area contributed by atoms with Crippen LogP contribution in [-0.4, -0.2) is 0 Å². The van der Waals surface area contributed by atoms with Crippen molar-refractivity contribution in [1.82, 2.24) is 0 Å². The molecule has 13 heteroatoms. The van der Waals surface area contributed by atoms with Crippen molar-refractivity contribution < 1.29 is 26.3 Å². The van der Waals surface area contributed by atoms with E-state index in [-0.39, 0.29) is 0 Å². The first-order valence-corrected chi connectivity index (χ1v) is 8.93. The van der Waals surface area contributed by atoms with E-state index in [9.17, 15) is 52.7 Å². The maximum absolute atomic E-state index is 13.6. The van der Waals surface area contributed by atoms with Crippen molar-refractivity contribution >= 4 is 11.1 Å². The Labute approximate surface area is 197 Å². The van der Waals surface area contributed by atoms with Gasteiger partial charge in [-0.05, 0) is 23.4 Å². The molecule has 0 unspecified atom stereocenters. The quantitative estimate of drug-likeness (QED) is 0.552. The van der Waals surface area contributed by atoms with Gasteiger partial charge in [0.1, 0.15) is 35.9 Å². The SMILES string of the molecule is N#CC(c1c(C#N)c(C(F)(F)F)cc(C(F)(F)F)c1C#N)=c1cc(C#N)c(=C(C#N)C#N)c(C#N)c1. The van der Waals surface area contributed by atoms with Gasteiger partial charge in [0, 0.05) is 10.8 Å². The zero-order valence-corrected chi connectivity index (χ0v) is 17.1. The third kappa shape index (κ3) is 4.48. The van der Waals surface area contributed by atoms with Crippen molar-refractivity contribution in [2.45, 2.75) is 12.4 Å². The van der Waals surface area contributed by atoms with Gasteiger partial charge in [-0.3, -0.25) is 0 Å². The molecule has 0 aliphatic rings. The summed E-state index contributed by atoms with van der Waals surface area (Å²) in [6.45, 7) is 0. The van der Waals surface area contributed by atoms with Crippen LogP contribution in [0.4, 0.5) is 26.3 Å². The van der Waals surface area contributed by atoms with Gasteiger partial charge in [0.15, 0.2) is 0 Å². The minimum atomic E-state index is -5.50. The molecule has 0 aliphatic carbocycles. The Kier molecular flexibility index (Phi) is 7.04. The monoisotopic (exact) mass is 491 g/mol. The Hall–Kier alpha value is -5.81. The molecular formula is C23H3F6N7. The highest BCUT2D eigenvalue weighted by Crippen LogP contribution is 2.42. The van der Waals surface area contributed by atoms with E-state index in [4.69, 9.17) is 10.5 Å². The maximum atomic E-state index is 13.6. The molecule has 7 nitrogen and oxygen atoms in total. The van der Waals surface area contributed by atoms with Crippen LogP contribution >= 0.6 is 0 Å². The molecule has 2 rings (SSSR count). The largest absolute Gasteiger partial charge is 0.417 e. The predicted octanol–water partition coefficient (Wildman–Crippen LogP) is 3.13. The second-order valence-corrected chi connectivity index (χ2v) is 6.57. The highest BCUT2D eigenvalue weighted by atomic mass is 19.4. The van der Waals surface area contributed by atoms with Gasteiger partial charge >= 0.3 is 12.4 Å². The first kappa shape index (κ1) is 26.4. The standard InChI is InChI=1S/C23H3F6N7/c24-22(25,26)18-3-19(23(27,28)29)17(10-36)21(16(18)9-35)15(8-34)11-1-12(4-30)20(13(2-11)5-31)14(6-32)7-33/h1-3H. The molecule has 0 bridgehead atoms. The van der Waals surface area contributed by atoms with Crippen LogP contribution in [0.15, 0.2) is 18.2 Å². The molecule has 0 aliphatic heterocycles. The summed E-state index contributed by atoms with van der Waals surface area (Å²) in [6.07, 6.45) is -11.0. The summed E-state index contributed by atoms with van der Waals surface area (Å²) in [6, 6.07) is 10.5. The molecular weight excluding hydrogens is 488 g/mol. The summed E-state index contributed by atoms with van der Waals surface area (Å²) in [7, 11) is 0. The van der Waals surface area contributed by atoms with Gasteiger partial charge in [-0.15, -0.1) is 0 Å². The van der Waals surface area contributed by atoms with E-state index in [2.05, 4.69) is 0 Å². The molecule has 0 atom stereocenters. The number of halogens is 6. The fourth-order valence-electron chi connectivity index (χ4n) is 3.25. The Morgan fingerprint density at radius 1 is 0.583 bits per heavy atom. The second-order valence-electron chi connectivity index (χ2n) is 6.57. The number of hydrogen-bond donors (Lipinski definition) is 0. The fraction of sp³-hybridized carbons (Fsp3) is 0.0870. The molecule has 2 aromatic rings. The van der Waals surface area contributed by atoms with Crippen LogP contribution in [-0.2, 0) is 12.4 Å². The molecule has 0 saturated carbocycles. The molecule has 172 valence electrons. The predicted molar refractivity (Wildman–Crippen MR) is 104 cm³/mol. The Bertz CT molecular complexity index is 1620. The smallest absolute Gasteiger partial charge is 0.192 e. The molecule has 0 radical (unpaired) electrons. The second kappa shape index (κ2) is 9.59. The summed E-state index contributed by atoms with van der Waals surface area (Å²) < 4.78 is 81.6. The van der Waals surface area contributed by atoms with E-state index in [1.807, 2.05) is 0 Å². The van der Waals surface area contributed by atoms with E-state index in [0.29, 0.717) is 0 Å². The lowest BCUT2D eigenvalue weighted by atomic mass is 9.86.